The summed E-state index contributed by atoms with van der Waals surface area (Å²) in [5, 5.41) is 2.75. The van der Waals surface area contributed by atoms with Crippen LogP contribution in [-0.2, 0) is 11.2 Å². The summed E-state index contributed by atoms with van der Waals surface area (Å²) >= 11 is 0. The van der Waals surface area contributed by atoms with Crippen LogP contribution in [0.25, 0.3) is 0 Å². The van der Waals surface area contributed by atoms with Crippen molar-refractivity contribution in [2.45, 2.75) is 26.2 Å². The molecule has 0 aromatic heterocycles. The maximum Gasteiger partial charge on any atom is 0.291 e. The topological polar surface area (TPSA) is 59.9 Å². The van der Waals surface area contributed by atoms with E-state index in [2.05, 4.69) is 22.4 Å². The van der Waals surface area contributed by atoms with E-state index in [1.165, 1.54) is 5.56 Å². The number of rotatable bonds is 8. The zero-order valence-electron chi connectivity index (χ0n) is 15.4. The van der Waals surface area contributed by atoms with E-state index in [0.29, 0.717) is 24.5 Å². The van der Waals surface area contributed by atoms with E-state index >= 15 is 0 Å². The summed E-state index contributed by atoms with van der Waals surface area (Å²) in [7, 11) is 1.57. The lowest BCUT2D eigenvalue weighted by molar-refractivity contribution is 0.0965. The maximum atomic E-state index is 12.4. The third-order valence-corrected chi connectivity index (χ3v) is 3.72. The molecule has 0 radical (unpaired) electrons. The molecule has 2 aromatic rings. The fourth-order valence-corrected chi connectivity index (χ4v) is 2.36. The quantitative estimate of drug-likeness (QED) is 0.445. The van der Waals surface area contributed by atoms with Gasteiger partial charge in [0.15, 0.2) is 0 Å². The van der Waals surface area contributed by atoms with Crippen LogP contribution in [0.1, 0.15) is 35.7 Å². The smallest absolute Gasteiger partial charge is 0.291 e. The minimum Gasteiger partial charge on any atom is -0.497 e. The zero-order valence-corrected chi connectivity index (χ0v) is 15.4. The number of nitrogens with zero attached hydrogens (tertiary/aromatic N) is 1. The molecule has 0 saturated carbocycles. The lowest BCUT2D eigenvalue weighted by atomic mass is 10.1. The van der Waals surface area contributed by atoms with E-state index in [1.54, 1.807) is 31.4 Å². The van der Waals surface area contributed by atoms with Crippen LogP contribution in [0.2, 0.25) is 0 Å². The van der Waals surface area contributed by atoms with Crippen molar-refractivity contribution >= 4 is 11.9 Å². The highest BCUT2D eigenvalue weighted by Gasteiger charge is 2.10. The molecule has 5 heteroatoms. The number of benzene rings is 2. The van der Waals surface area contributed by atoms with E-state index in [0.717, 1.165) is 19.3 Å². The van der Waals surface area contributed by atoms with Crippen molar-refractivity contribution in [1.29, 1.82) is 0 Å². The van der Waals surface area contributed by atoms with Gasteiger partial charge in [-0.25, -0.2) is 4.99 Å². The number of carbonyl (C=O) groups is 1. The van der Waals surface area contributed by atoms with Gasteiger partial charge in [0.05, 0.1) is 13.7 Å². The number of amides is 1. The Kier molecular flexibility index (Phi) is 8.19. The highest BCUT2D eigenvalue weighted by Crippen LogP contribution is 2.12. The minimum absolute atomic E-state index is 0.262. The number of aliphatic imine (C=N–C) groups is 1. The van der Waals surface area contributed by atoms with Crippen LogP contribution in [0.15, 0.2) is 59.6 Å². The van der Waals surface area contributed by atoms with Crippen LogP contribution in [0.3, 0.4) is 0 Å². The molecule has 0 aliphatic heterocycles. The molecule has 2 rings (SSSR count). The van der Waals surface area contributed by atoms with Crippen molar-refractivity contribution in [1.82, 2.24) is 5.32 Å². The summed E-state index contributed by atoms with van der Waals surface area (Å²) in [4.78, 5) is 16.8. The third kappa shape index (κ3) is 6.59. The Morgan fingerprint density at radius 3 is 2.65 bits per heavy atom. The van der Waals surface area contributed by atoms with E-state index in [1.807, 2.05) is 25.1 Å². The van der Waals surface area contributed by atoms with Crippen LogP contribution in [0.5, 0.6) is 5.75 Å². The summed E-state index contributed by atoms with van der Waals surface area (Å²) in [5.74, 6) is 0.371. The summed E-state index contributed by atoms with van der Waals surface area (Å²) in [6.45, 7) is 3.11. The van der Waals surface area contributed by atoms with Crippen LogP contribution in [0, 0.1) is 0 Å². The molecule has 26 heavy (non-hydrogen) atoms. The summed E-state index contributed by atoms with van der Waals surface area (Å²) in [5.41, 5.74) is 1.78. The Morgan fingerprint density at radius 2 is 1.92 bits per heavy atom. The number of hydrogen-bond donors (Lipinski definition) is 1. The second-order valence-electron chi connectivity index (χ2n) is 5.81. The van der Waals surface area contributed by atoms with E-state index in [9.17, 15) is 4.79 Å². The van der Waals surface area contributed by atoms with Gasteiger partial charge in [-0.2, -0.15) is 0 Å². The van der Waals surface area contributed by atoms with E-state index in [-0.39, 0.29) is 11.9 Å². The van der Waals surface area contributed by atoms with Crippen molar-refractivity contribution in [3.8, 4) is 5.75 Å². The molecule has 5 nitrogen and oxygen atoms in total. The average Bonchev–Trinajstić information content (AvgIpc) is 2.69. The number of nitrogens with one attached hydrogen (secondary N) is 1. The molecule has 0 heterocycles. The predicted octanol–water partition coefficient (Wildman–Crippen LogP) is 3.84. The molecule has 138 valence electrons. The molecule has 0 saturated heterocycles. The van der Waals surface area contributed by atoms with Crippen molar-refractivity contribution in [3.05, 3.63) is 65.7 Å². The molecule has 0 aliphatic carbocycles. The van der Waals surface area contributed by atoms with Gasteiger partial charge in [-0.3, -0.25) is 10.1 Å². The molecule has 0 spiro atoms. The number of amidine groups is 1. The molecule has 1 N–H and O–H groups in total. The first-order valence-corrected chi connectivity index (χ1v) is 8.89. The third-order valence-electron chi connectivity index (χ3n) is 3.72. The minimum atomic E-state index is -0.262. The number of ether oxygens (including phenoxy) is 2. The van der Waals surface area contributed by atoms with Crippen LogP contribution < -0.4 is 10.1 Å². The van der Waals surface area contributed by atoms with Crippen LogP contribution >= 0.6 is 0 Å². The van der Waals surface area contributed by atoms with Gasteiger partial charge in [0.1, 0.15) is 5.75 Å². The van der Waals surface area contributed by atoms with E-state index in [4.69, 9.17) is 9.47 Å². The highest BCUT2D eigenvalue weighted by molar-refractivity contribution is 6.04. The van der Waals surface area contributed by atoms with Crippen molar-refractivity contribution in [3.63, 3.8) is 0 Å². The number of aryl methyl sites for hydroxylation is 1. The molecule has 0 aliphatic rings. The normalized spacial score (nSPS) is 11.1. The van der Waals surface area contributed by atoms with Crippen LogP contribution in [-0.4, -0.2) is 32.2 Å². The molecule has 0 bridgehead atoms. The van der Waals surface area contributed by atoms with Gasteiger partial charge >= 0.3 is 0 Å². The molecule has 2 aromatic carbocycles. The predicted molar refractivity (Wildman–Crippen MR) is 104 cm³/mol. The first-order valence-electron chi connectivity index (χ1n) is 8.89. The Hall–Kier alpha value is -2.82. The lowest BCUT2D eigenvalue weighted by Crippen LogP contribution is -2.33. The Balaban J connectivity index is 1.93. The van der Waals surface area contributed by atoms with Gasteiger partial charge in [-0.15, -0.1) is 0 Å². The number of methoxy groups -OCH3 is 1. The zero-order chi connectivity index (χ0) is 18.6. The second-order valence-corrected chi connectivity index (χ2v) is 5.81. The molecular weight excluding hydrogens is 328 g/mol. The van der Waals surface area contributed by atoms with Gasteiger partial charge in [0.2, 0.25) is 0 Å². The summed E-state index contributed by atoms with van der Waals surface area (Å²) < 4.78 is 10.7. The molecule has 1 amide bonds. The first-order chi connectivity index (χ1) is 12.7. The van der Waals surface area contributed by atoms with E-state index < -0.39 is 0 Å². The average molecular weight is 354 g/mol. The number of carbonyl (C=O) groups excluding carboxylic acids is 1. The fourth-order valence-electron chi connectivity index (χ4n) is 2.36. The second kappa shape index (κ2) is 10.9. The highest BCUT2D eigenvalue weighted by atomic mass is 16.5. The van der Waals surface area contributed by atoms with Crippen molar-refractivity contribution < 1.29 is 14.3 Å². The van der Waals surface area contributed by atoms with Crippen molar-refractivity contribution in [2.24, 2.45) is 4.99 Å². The Labute approximate surface area is 155 Å². The first kappa shape index (κ1) is 19.5. The standard InChI is InChI=1S/C21H26N2O3/c1-3-15-26-21(22-14-8-11-17-9-5-4-6-10-17)23-20(24)18-12-7-13-19(16-18)25-2/h4-7,9-10,12-13,16H,3,8,11,14-15H2,1-2H3,(H,22,23,24). The number of hydrogen-bond acceptors (Lipinski definition) is 4. The Morgan fingerprint density at radius 1 is 1.12 bits per heavy atom. The summed E-state index contributed by atoms with van der Waals surface area (Å²) in [6.07, 6.45) is 2.67. The molecule has 0 unspecified atom stereocenters. The summed E-state index contributed by atoms with van der Waals surface area (Å²) in [6, 6.07) is 17.5. The molecule has 0 atom stereocenters. The van der Waals surface area contributed by atoms with Gasteiger partial charge in [-0.05, 0) is 43.0 Å². The fraction of sp³-hybridized carbons (Fsp3) is 0.333. The van der Waals surface area contributed by atoms with Crippen LogP contribution in [0.4, 0.5) is 0 Å². The SMILES string of the molecule is CCCOC(=NCCCc1ccccc1)NC(=O)c1cccc(OC)c1. The molecule has 0 fully saturated rings. The van der Waals surface area contributed by atoms with Crippen molar-refractivity contribution in [2.75, 3.05) is 20.3 Å². The maximum absolute atomic E-state index is 12.4. The van der Waals surface area contributed by atoms with Gasteiger partial charge in [0.25, 0.3) is 11.9 Å². The monoisotopic (exact) mass is 354 g/mol. The largest absolute Gasteiger partial charge is 0.497 e. The van der Waals surface area contributed by atoms with Gasteiger partial charge in [-0.1, -0.05) is 43.3 Å². The Bertz CT molecular complexity index is 714. The van der Waals surface area contributed by atoms with Gasteiger partial charge in [0, 0.05) is 12.1 Å². The van der Waals surface area contributed by atoms with Gasteiger partial charge < -0.3 is 9.47 Å². The lowest BCUT2D eigenvalue weighted by Gasteiger charge is -2.11. The molecular formula is C21H26N2O3.